The van der Waals surface area contributed by atoms with Gasteiger partial charge in [0.1, 0.15) is 11.6 Å². The first-order chi connectivity index (χ1) is 7.79. The summed E-state index contributed by atoms with van der Waals surface area (Å²) in [6.45, 7) is 0.413. The molecule has 2 N–H and O–H groups in total. The van der Waals surface area contributed by atoms with Crippen molar-refractivity contribution in [3.63, 3.8) is 0 Å². The lowest BCUT2D eigenvalue weighted by molar-refractivity contribution is 0.629. The van der Waals surface area contributed by atoms with E-state index < -0.39 is 5.82 Å². The molecule has 4 nitrogen and oxygen atoms in total. The Morgan fingerprint density at radius 3 is 3.00 bits per heavy atom. The number of rotatable bonds is 3. The molecule has 0 radical (unpaired) electrons. The maximum Gasteiger partial charge on any atom is 0.147 e. The molecule has 0 atom stereocenters. The lowest BCUT2D eigenvalue weighted by atomic mass is 10.2. The molecule has 2 rings (SSSR count). The number of imidazole rings is 1. The number of halogens is 1. The van der Waals surface area contributed by atoms with Crippen molar-refractivity contribution in [1.82, 2.24) is 9.97 Å². The van der Waals surface area contributed by atoms with Crippen LogP contribution in [0.2, 0.25) is 0 Å². The van der Waals surface area contributed by atoms with E-state index in [9.17, 15) is 4.39 Å². The van der Waals surface area contributed by atoms with Crippen LogP contribution in [0.1, 0.15) is 11.4 Å². The Bertz CT molecular complexity index is 513. The van der Waals surface area contributed by atoms with Crippen molar-refractivity contribution >= 4 is 5.69 Å². The van der Waals surface area contributed by atoms with E-state index >= 15 is 0 Å². The molecule has 1 aromatic carbocycles. The van der Waals surface area contributed by atoms with Crippen molar-refractivity contribution in [2.75, 3.05) is 5.32 Å². The molecule has 0 aliphatic heterocycles. The van der Waals surface area contributed by atoms with Gasteiger partial charge in [-0.2, -0.15) is 5.26 Å². The maximum atomic E-state index is 13.4. The smallest absolute Gasteiger partial charge is 0.147 e. The summed E-state index contributed by atoms with van der Waals surface area (Å²) in [5.41, 5.74) is 0.663. The Balaban J connectivity index is 2.08. The molecule has 16 heavy (non-hydrogen) atoms. The first-order valence-corrected chi connectivity index (χ1v) is 4.71. The fourth-order valence-electron chi connectivity index (χ4n) is 1.30. The van der Waals surface area contributed by atoms with E-state index in [1.807, 2.05) is 6.07 Å². The Hall–Kier alpha value is -2.35. The number of nitriles is 1. The van der Waals surface area contributed by atoms with E-state index in [0.717, 1.165) is 5.82 Å². The summed E-state index contributed by atoms with van der Waals surface area (Å²) in [6, 6.07) is 6.18. The minimum absolute atomic E-state index is 0.307. The summed E-state index contributed by atoms with van der Waals surface area (Å²) in [5.74, 6) is 0.286. The predicted molar refractivity (Wildman–Crippen MR) is 57.0 cm³/mol. The first-order valence-electron chi connectivity index (χ1n) is 4.71. The average molecular weight is 216 g/mol. The molecule has 2 aromatic rings. The van der Waals surface area contributed by atoms with Crippen LogP contribution >= 0.6 is 0 Å². The van der Waals surface area contributed by atoms with Gasteiger partial charge in [0.25, 0.3) is 0 Å². The third kappa shape index (κ3) is 2.17. The Labute approximate surface area is 91.8 Å². The molecule has 1 aromatic heterocycles. The number of benzene rings is 1. The van der Waals surface area contributed by atoms with Gasteiger partial charge in [-0.05, 0) is 18.2 Å². The number of hydrogen-bond acceptors (Lipinski definition) is 3. The van der Waals surface area contributed by atoms with Crippen LogP contribution in [0, 0.1) is 17.1 Å². The van der Waals surface area contributed by atoms with Crippen LogP contribution in [0.4, 0.5) is 10.1 Å². The largest absolute Gasteiger partial charge is 0.375 e. The lowest BCUT2D eigenvalue weighted by Crippen LogP contribution is -2.03. The van der Waals surface area contributed by atoms with Gasteiger partial charge >= 0.3 is 0 Å². The molecule has 0 amide bonds. The SMILES string of the molecule is N#Cc1ccc(NCc2ncc[nH]2)c(F)c1. The Morgan fingerprint density at radius 1 is 1.50 bits per heavy atom. The highest BCUT2D eigenvalue weighted by atomic mass is 19.1. The van der Waals surface area contributed by atoms with Crippen molar-refractivity contribution in [3.8, 4) is 6.07 Å². The molecular weight excluding hydrogens is 207 g/mol. The monoisotopic (exact) mass is 216 g/mol. The normalized spacial score (nSPS) is 9.75. The zero-order chi connectivity index (χ0) is 11.4. The predicted octanol–water partition coefficient (Wildman–Crippen LogP) is 2.03. The van der Waals surface area contributed by atoms with Gasteiger partial charge in [-0.15, -0.1) is 0 Å². The average Bonchev–Trinajstić information content (AvgIpc) is 2.80. The van der Waals surface area contributed by atoms with Crippen LogP contribution in [-0.4, -0.2) is 9.97 Å². The highest BCUT2D eigenvalue weighted by Gasteiger charge is 2.03. The Morgan fingerprint density at radius 2 is 2.38 bits per heavy atom. The number of hydrogen-bond donors (Lipinski definition) is 2. The number of aromatic amines is 1. The minimum Gasteiger partial charge on any atom is -0.375 e. The maximum absolute atomic E-state index is 13.4. The molecule has 5 heteroatoms. The number of nitrogens with zero attached hydrogens (tertiary/aromatic N) is 2. The Kier molecular flexibility index (Phi) is 2.83. The third-order valence-electron chi connectivity index (χ3n) is 2.10. The van der Waals surface area contributed by atoms with Gasteiger partial charge in [-0.1, -0.05) is 0 Å². The number of H-pyrrole nitrogens is 1. The summed E-state index contributed by atoms with van der Waals surface area (Å²) in [6.07, 6.45) is 3.33. The van der Waals surface area contributed by atoms with E-state index in [4.69, 9.17) is 5.26 Å². The van der Waals surface area contributed by atoms with Crippen LogP contribution < -0.4 is 5.32 Å². The van der Waals surface area contributed by atoms with Crippen LogP contribution in [-0.2, 0) is 6.54 Å². The summed E-state index contributed by atoms with van der Waals surface area (Å²) in [7, 11) is 0. The number of anilines is 1. The van der Waals surface area contributed by atoms with Gasteiger partial charge in [-0.3, -0.25) is 0 Å². The van der Waals surface area contributed by atoms with Gasteiger partial charge in [-0.25, -0.2) is 9.37 Å². The second-order valence-electron chi connectivity index (χ2n) is 3.20. The molecule has 0 aliphatic rings. The minimum atomic E-state index is -0.439. The van der Waals surface area contributed by atoms with Gasteiger partial charge in [0.15, 0.2) is 0 Å². The van der Waals surface area contributed by atoms with E-state index in [-0.39, 0.29) is 0 Å². The van der Waals surface area contributed by atoms with Crippen molar-refractivity contribution < 1.29 is 4.39 Å². The van der Waals surface area contributed by atoms with E-state index in [1.165, 1.54) is 12.1 Å². The topological polar surface area (TPSA) is 64.5 Å². The summed E-state index contributed by atoms with van der Waals surface area (Å²) < 4.78 is 13.4. The molecule has 0 bridgehead atoms. The number of nitrogens with one attached hydrogen (secondary N) is 2. The van der Waals surface area contributed by atoms with Crippen molar-refractivity contribution in [2.45, 2.75) is 6.54 Å². The molecule has 0 spiro atoms. The van der Waals surface area contributed by atoms with Crippen LogP contribution in [0.15, 0.2) is 30.6 Å². The van der Waals surface area contributed by atoms with Crippen LogP contribution in [0.25, 0.3) is 0 Å². The van der Waals surface area contributed by atoms with E-state index in [1.54, 1.807) is 18.5 Å². The highest BCUT2D eigenvalue weighted by molar-refractivity contribution is 5.48. The van der Waals surface area contributed by atoms with Crippen molar-refractivity contribution in [1.29, 1.82) is 5.26 Å². The molecule has 0 saturated heterocycles. The zero-order valence-corrected chi connectivity index (χ0v) is 8.37. The highest BCUT2D eigenvalue weighted by Crippen LogP contribution is 2.15. The zero-order valence-electron chi connectivity index (χ0n) is 8.37. The summed E-state index contributed by atoms with van der Waals surface area (Å²) in [4.78, 5) is 6.90. The third-order valence-corrected chi connectivity index (χ3v) is 2.10. The quantitative estimate of drug-likeness (QED) is 0.825. The molecule has 0 saturated carbocycles. The molecular formula is C11H9FN4. The summed E-state index contributed by atoms with van der Waals surface area (Å²) >= 11 is 0. The molecule has 0 aliphatic carbocycles. The fraction of sp³-hybridized carbons (Fsp3) is 0.0909. The van der Waals surface area contributed by atoms with Crippen molar-refractivity contribution in [2.24, 2.45) is 0 Å². The van der Waals surface area contributed by atoms with Gasteiger partial charge in [0.2, 0.25) is 0 Å². The van der Waals surface area contributed by atoms with Gasteiger partial charge in [0.05, 0.1) is 23.9 Å². The van der Waals surface area contributed by atoms with Crippen LogP contribution in [0.3, 0.4) is 0 Å². The molecule has 0 fully saturated rings. The van der Waals surface area contributed by atoms with Gasteiger partial charge in [0, 0.05) is 12.4 Å². The number of aromatic nitrogens is 2. The second kappa shape index (κ2) is 4.45. The van der Waals surface area contributed by atoms with E-state index in [0.29, 0.717) is 17.8 Å². The lowest BCUT2D eigenvalue weighted by Gasteiger charge is -2.05. The molecule has 0 unspecified atom stereocenters. The first kappa shape index (κ1) is 10.2. The van der Waals surface area contributed by atoms with Gasteiger partial charge < -0.3 is 10.3 Å². The summed E-state index contributed by atoms with van der Waals surface area (Å²) in [5, 5.41) is 11.5. The molecule has 1 heterocycles. The van der Waals surface area contributed by atoms with Crippen molar-refractivity contribution in [3.05, 3.63) is 47.8 Å². The standard InChI is InChI=1S/C11H9FN4/c12-9-5-8(6-13)1-2-10(9)16-7-11-14-3-4-15-11/h1-5,16H,7H2,(H,14,15). The fourth-order valence-corrected chi connectivity index (χ4v) is 1.30. The second-order valence-corrected chi connectivity index (χ2v) is 3.20. The van der Waals surface area contributed by atoms with E-state index in [2.05, 4.69) is 15.3 Å². The van der Waals surface area contributed by atoms with Crippen LogP contribution in [0.5, 0.6) is 0 Å². The molecule has 80 valence electrons.